The van der Waals surface area contributed by atoms with E-state index < -0.39 is 10.0 Å². The molecule has 0 saturated carbocycles. The van der Waals surface area contributed by atoms with Crippen LogP contribution in [0.1, 0.15) is 24.7 Å². The Bertz CT molecular complexity index is 550. The van der Waals surface area contributed by atoms with Gasteiger partial charge in [0.25, 0.3) is 0 Å². The molecule has 1 aromatic heterocycles. The Morgan fingerprint density at radius 2 is 2.30 bits per heavy atom. The van der Waals surface area contributed by atoms with E-state index in [2.05, 4.69) is 15.5 Å². The molecule has 0 aromatic carbocycles. The van der Waals surface area contributed by atoms with Crippen molar-refractivity contribution in [2.45, 2.75) is 37.8 Å². The van der Waals surface area contributed by atoms with Crippen LogP contribution in [0.4, 0.5) is 0 Å². The quantitative estimate of drug-likeness (QED) is 0.817. The number of aromatic nitrogens is 2. The fraction of sp³-hybridized carbons (Fsp3) is 0.750. The Hall–Kier alpha value is -0.570. The standard InChI is InChI=1S/C12H22N4O2S2/c1-4-13-7-11-12(9(2)14-15-11)20(17,18)16(3)10-5-6-19-8-10/h10,13H,4-8H2,1-3H3,(H,14,15). The third-order valence-electron chi connectivity index (χ3n) is 3.56. The first-order chi connectivity index (χ1) is 9.48. The van der Waals surface area contributed by atoms with E-state index in [9.17, 15) is 8.42 Å². The fourth-order valence-corrected chi connectivity index (χ4v) is 5.39. The molecule has 1 aliphatic rings. The molecule has 0 amide bonds. The lowest BCUT2D eigenvalue weighted by atomic mass is 10.3. The summed E-state index contributed by atoms with van der Waals surface area (Å²) in [5.74, 6) is 1.90. The third kappa shape index (κ3) is 3.03. The molecule has 1 unspecified atom stereocenters. The lowest BCUT2D eigenvalue weighted by Crippen LogP contribution is -2.37. The minimum Gasteiger partial charge on any atom is -0.311 e. The van der Waals surface area contributed by atoms with Gasteiger partial charge in [-0.3, -0.25) is 5.10 Å². The zero-order valence-corrected chi connectivity index (χ0v) is 13.8. The topological polar surface area (TPSA) is 78.1 Å². The lowest BCUT2D eigenvalue weighted by Gasteiger charge is -2.23. The number of rotatable bonds is 6. The summed E-state index contributed by atoms with van der Waals surface area (Å²) >= 11 is 1.80. The molecule has 8 heteroatoms. The van der Waals surface area contributed by atoms with Crippen LogP contribution in [-0.2, 0) is 16.6 Å². The molecule has 20 heavy (non-hydrogen) atoms. The van der Waals surface area contributed by atoms with Crippen LogP contribution in [-0.4, -0.2) is 54.1 Å². The predicted molar refractivity (Wildman–Crippen MR) is 81.4 cm³/mol. The van der Waals surface area contributed by atoms with Crippen LogP contribution in [0.2, 0.25) is 0 Å². The molecule has 0 radical (unpaired) electrons. The van der Waals surface area contributed by atoms with Crippen LogP contribution in [0, 0.1) is 6.92 Å². The zero-order chi connectivity index (χ0) is 14.8. The highest BCUT2D eigenvalue weighted by atomic mass is 32.2. The summed E-state index contributed by atoms with van der Waals surface area (Å²) in [5.41, 5.74) is 1.18. The fourth-order valence-electron chi connectivity index (χ4n) is 2.32. The number of nitrogens with one attached hydrogen (secondary N) is 2. The van der Waals surface area contributed by atoms with E-state index >= 15 is 0 Å². The molecule has 1 aromatic rings. The van der Waals surface area contributed by atoms with Crippen LogP contribution in [0.15, 0.2) is 4.90 Å². The van der Waals surface area contributed by atoms with Crippen molar-refractivity contribution in [3.63, 3.8) is 0 Å². The van der Waals surface area contributed by atoms with Gasteiger partial charge in [0.15, 0.2) is 0 Å². The molecule has 0 bridgehead atoms. The van der Waals surface area contributed by atoms with E-state index in [1.807, 2.05) is 6.92 Å². The van der Waals surface area contributed by atoms with Gasteiger partial charge in [0.2, 0.25) is 10.0 Å². The normalized spacial score (nSPS) is 19.9. The monoisotopic (exact) mass is 318 g/mol. The van der Waals surface area contributed by atoms with Gasteiger partial charge in [0, 0.05) is 25.4 Å². The van der Waals surface area contributed by atoms with Crippen molar-refractivity contribution in [3.8, 4) is 0 Å². The third-order valence-corrected chi connectivity index (χ3v) is 6.82. The first-order valence-corrected chi connectivity index (χ1v) is 9.38. The van der Waals surface area contributed by atoms with Gasteiger partial charge in [-0.1, -0.05) is 6.92 Å². The minimum atomic E-state index is -3.48. The molecule has 1 fully saturated rings. The number of hydrogen-bond acceptors (Lipinski definition) is 5. The predicted octanol–water partition coefficient (Wildman–Crippen LogP) is 0.954. The number of nitrogens with zero attached hydrogens (tertiary/aromatic N) is 2. The molecule has 2 rings (SSSR count). The van der Waals surface area contributed by atoms with Crippen molar-refractivity contribution in [2.75, 3.05) is 25.1 Å². The molecule has 6 nitrogen and oxygen atoms in total. The second-order valence-electron chi connectivity index (χ2n) is 4.94. The molecular weight excluding hydrogens is 296 g/mol. The van der Waals surface area contributed by atoms with Crippen molar-refractivity contribution in [3.05, 3.63) is 11.4 Å². The number of H-pyrrole nitrogens is 1. The minimum absolute atomic E-state index is 0.0892. The smallest absolute Gasteiger partial charge is 0.246 e. The van der Waals surface area contributed by atoms with Crippen LogP contribution in [0.3, 0.4) is 0 Å². The first-order valence-electron chi connectivity index (χ1n) is 6.78. The number of aromatic amines is 1. The Balaban J connectivity index is 2.30. The first kappa shape index (κ1) is 15.8. The van der Waals surface area contributed by atoms with Crippen LogP contribution < -0.4 is 5.32 Å². The van der Waals surface area contributed by atoms with Crippen molar-refractivity contribution in [1.29, 1.82) is 0 Å². The summed E-state index contributed by atoms with van der Waals surface area (Å²) in [7, 11) is -1.81. The van der Waals surface area contributed by atoms with E-state index in [1.54, 1.807) is 25.7 Å². The van der Waals surface area contributed by atoms with Gasteiger partial charge in [-0.25, -0.2) is 8.42 Å². The van der Waals surface area contributed by atoms with Gasteiger partial charge in [0.1, 0.15) is 4.90 Å². The maximum absolute atomic E-state index is 12.8. The number of aryl methyl sites for hydroxylation is 1. The van der Waals surface area contributed by atoms with E-state index in [0.717, 1.165) is 24.5 Å². The van der Waals surface area contributed by atoms with Gasteiger partial charge in [-0.15, -0.1) is 0 Å². The maximum Gasteiger partial charge on any atom is 0.246 e. The second kappa shape index (κ2) is 6.46. The molecule has 0 spiro atoms. The Kier molecular flexibility index (Phi) is 5.11. The molecular formula is C12H22N4O2S2. The summed E-state index contributed by atoms with van der Waals surface area (Å²) in [5, 5.41) is 10.1. The highest BCUT2D eigenvalue weighted by molar-refractivity contribution is 7.99. The average Bonchev–Trinajstić information content (AvgIpc) is 3.04. The molecule has 114 valence electrons. The highest BCUT2D eigenvalue weighted by Gasteiger charge is 2.34. The summed E-state index contributed by atoms with van der Waals surface area (Å²) < 4.78 is 27.1. The molecule has 2 N–H and O–H groups in total. The summed E-state index contributed by atoms with van der Waals surface area (Å²) in [6.45, 7) is 4.98. The second-order valence-corrected chi connectivity index (χ2v) is 8.03. The zero-order valence-electron chi connectivity index (χ0n) is 12.1. The van der Waals surface area contributed by atoms with Crippen molar-refractivity contribution in [2.24, 2.45) is 0 Å². The molecule has 0 aliphatic carbocycles. The summed E-state index contributed by atoms with van der Waals surface area (Å²) in [4.78, 5) is 0.331. The molecule has 1 saturated heterocycles. The molecule has 1 aliphatic heterocycles. The maximum atomic E-state index is 12.8. The van der Waals surface area contributed by atoms with Crippen molar-refractivity contribution in [1.82, 2.24) is 19.8 Å². The average molecular weight is 318 g/mol. The number of sulfonamides is 1. The van der Waals surface area contributed by atoms with Crippen molar-refractivity contribution < 1.29 is 8.42 Å². The largest absolute Gasteiger partial charge is 0.311 e. The van der Waals surface area contributed by atoms with Crippen LogP contribution in [0.25, 0.3) is 0 Å². The number of hydrogen-bond donors (Lipinski definition) is 2. The highest BCUT2D eigenvalue weighted by Crippen LogP contribution is 2.28. The van der Waals surface area contributed by atoms with Gasteiger partial charge in [0.05, 0.1) is 11.4 Å². The van der Waals surface area contributed by atoms with Gasteiger partial charge >= 0.3 is 0 Å². The van der Waals surface area contributed by atoms with Crippen LogP contribution >= 0.6 is 11.8 Å². The van der Waals surface area contributed by atoms with Gasteiger partial charge in [-0.2, -0.15) is 21.2 Å². The van der Waals surface area contributed by atoms with E-state index in [-0.39, 0.29) is 6.04 Å². The molecule has 1 atom stereocenters. The van der Waals surface area contributed by atoms with Gasteiger partial charge < -0.3 is 5.32 Å². The van der Waals surface area contributed by atoms with E-state index in [4.69, 9.17) is 0 Å². The number of thioether (sulfide) groups is 1. The van der Waals surface area contributed by atoms with Crippen LogP contribution in [0.5, 0.6) is 0 Å². The summed E-state index contributed by atoms with van der Waals surface area (Å²) in [6, 6.07) is 0.0892. The lowest BCUT2D eigenvalue weighted by molar-refractivity contribution is 0.394. The Labute approximate surface area is 124 Å². The van der Waals surface area contributed by atoms with Crippen molar-refractivity contribution >= 4 is 21.8 Å². The molecule has 2 heterocycles. The van der Waals surface area contributed by atoms with E-state index in [0.29, 0.717) is 22.8 Å². The van der Waals surface area contributed by atoms with E-state index in [1.165, 1.54) is 4.31 Å². The Morgan fingerprint density at radius 1 is 1.55 bits per heavy atom. The SMILES string of the molecule is CCNCc1n[nH]c(C)c1S(=O)(=O)N(C)C1CCSC1. The summed E-state index contributed by atoms with van der Waals surface area (Å²) in [6.07, 6.45) is 0.917. The van der Waals surface area contributed by atoms with Gasteiger partial charge in [-0.05, 0) is 25.6 Å². The Morgan fingerprint density at radius 3 is 2.90 bits per heavy atom.